The van der Waals surface area contributed by atoms with Crippen molar-refractivity contribution >= 4 is 54.2 Å². The second kappa shape index (κ2) is 12.0. The summed E-state index contributed by atoms with van der Waals surface area (Å²) in [5.41, 5.74) is 1.11. The first-order valence-corrected chi connectivity index (χ1v) is 15.2. The van der Waals surface area contributed by atoms with Crippen molar-refractivity contribution in [3.63, 3.8) is 0 Å². The van der Waals surface area contributed by atoms with Crippen molar-refractivity contribution in [2.45, 2.75) is 44.4 Å². The van der Waals surface area contributed by atoms with E-state index in [0.29, 0.717) is 47.4 Å². The van der Waals surface area contributed by atoms with E-state index in [1.54, 1.807) is 39.5 Å². The Kier molecular flexibility index (Phi) is 9.00. The van der Waals surface area contributed by atoms with Crippen LogP contribution in [0.5, 0.6) is 0 Å². The van der Waals surface area contributed by atoms with E-state index in [-0.39, 0.29) is 10.8 Å². The minimum atomic E-state index is -3.57. The summed E-state index contributed by atoms with van der Waals surface area (Å²) in [6.07, 6.45) is 3.87. The highest BCUT2D eigenvalue weighted by Crippen LogP contribution is 2.33. The number of fused-ring (bicyclic) bond motifs is 1. The summed E-state index contributed by atoms with van der Waals surface area (Å²) in [5, 5.41) is 1.13. The lowest BCUT2D eigenvalue weighted by Crippen LogP contribution is -2.39. The predicted octanol–water partition coefficient (Wildman–Crippen LogP) is 5.50. The molecule has 0 bridgehead atoms. The van der Waals surface area contributed by atoms with Crippen LogP contribution in [0.3, 0.4) is 0 Å². The lowest BCUT2D eigenvalue weighted by atomic mass is 10.2. The molecule has 10 heteroatoms. The number of sulfonamides is 1. The average molecular weight is 549 g/mol. The van der Waals surface area contributed by atoms with Gasteiger partial charge in [-0.2, -0.15) is 4.31 Å². The van der Waals surface area contributed by atoms with Crippen LogP contribution in [0.15, 0.2) is 47.4 Å². The summed E-state index contributed by atoms with van der Waals surface area (Å²) in [5.74, 6) is -0.212. The molecule has 0 aliphatic carbocycles. The van der Waals surface area contributed by atoms with Crippen LogP contribution in [0.2, 0.25) is 5.02 Å². The number of carbonyl (C=O) groups excluding carboxylic acids is 1. The van der Waals surface area contributed by atoms with E-state index in [0.717, 1.165) is 43.5 Å². The fourth-order valence-electron chi connectivity index (χ4n) is 4.44. The van der Waals surface area contributed by atoms with Crippen molar-refractivity contribution in [1.29, 1.82) is 0 Å². The van der Waals surface area contributed by atoms with Gasteiger partial charge in [-0.3, -0.25) is 9.69 Å². The molecule has 4 rings (SSSR count). The summed E-state index contributed by atoms with van der Waals surface area (Å²) in [6, 6.07) is 11.9. The van der Waals surface area contributed by atoms with Gasteiger partial charge in [-0.1, -0.05) is 55.7 Å². The van der Waals surface area contributed by atoms with Crippen LogP contribution in [0.1, 0.15) is 49.9 Å². The van der Waals surface area contributed by atoms with Crippen LogP contribution in [0.4, 0.5) is 5.13 Å². The number of amides is 1. The van der Waals surface area contributed by atoms with Crippen LogP contribution >= 0.6 is 22.9 Å². The molecule has 0 atom stereocenters. The van der Waals surface area contributed by atoms with Gasteiger partial charge in [-0.05, 0) is 62.3 Å². The van der Waals surface area contributed by atoms with E-state index in [4.69, 9.17) is 11.6 Å². The molecule has 1 saturated heterocycles. The van der Waals surface area contributed by atoms with Crippen LogP contribution < -0.4 is 4.90 Å². The van der Waals surface area contributed by atoms with Crippen molar-refractivity contribution in [2.75, 3.05) is 44.2 Å². The first-order chi connectivity index (χ1) is 17.3. The number of aromatic nitrogens is 1. The number of thiazole rings is 1. The molecule has 1 aliphatic heterocycles. The largest absolute Gasteiger partial charge is 0.302 e. The van der Waals surface area contributed by atoms with E-state index in [1.807, 2.05) is 12.1 Å². The SMILES string of the molecule is CCN(CC)CCN(C(=O)c1ccc(S(=O)(=O)N2CCCCCC2)cc1)c1nc2c(Cl)cccc2s1. The Hall–Kier alpha value is -2.04. The number of para-hydroxylation sites is 1. The number of rotatable bonds is 9. The molecule has 194 valence electrons. The molecular weight excluding hydrogens is 516 g/mol. The molecule has 0 N–H and O–H groups in total. The predicted molar refractivity (Wildman–Crippen MR) is 148 cm³/mol. The molecule has 2 heterocycles. The maximum Gasteiger partial charge on any atom is 0.260 e. The van der Waals surface area contributed by atoms with E-state index < -0.39 is 10.0 Å². The Morgan fingerprint density at radius 1 is 1.00 bits per heavy atom. The number of likely N-dealkylation sites (N-methyl/N-ethyl adjacent to an activating group) is 1. The molecule has 36 heavy (non-hydrogen) atoms. The van der Waals surface area contributed by atoms with Gasteiger partial charge in [0.1, 0.15) is 5.52 Å². The minimum Gasteiger partial charge on any atom is -0.302 e. The summed E-state index contributed by atoms with van der Waals surface area (Å²) in [4.78, 5) is 22.5. The lowest BCUT2D eigenvalue weighted by molar-refractivity contribution is 0.0983. The molecule has 0 spiro atoms. The standard InChI is InChI=1S/C26H33ClN4O3S2/c1-3-29(4-2)18-19-31(26-28-24-22(27)10-9-11-23(24)35-26)25(32)20-12-14-21(15-13-20)36(33,34)30-16-7-5-6-8-17-30/h9-15H,3-8,16-19H2,1-2H3. The van der Waals surface area contributed by atoms with Crippen molar-refractivity contribution in [3.05, 3.63) is 53.1 Å². The molecule has 7 nitrogen and oxygen atoms in total. The zero-order valence-electron chi connectivity index (χ0n) is 20.8. The molecule has 1 fully saturated rings. The van der Waals surface area contributed by atoms with E-state index in [1.165, 1.54) is 11.3 Å². The molecule has 1 amide bonds. The topological polar surface area (TPSA) is 73.8 Å². The van der Waals surface area contributed by atoms with Crippen molar-refractivity contribution in [1.82, 2.24) is 14.2 Å². The molecule has 3 aromatic rings. The number of hydrogen-bond donors (Lipinski definition) is 0. The van der Waals surface area contributed by atoms with E-state index >= 15 is 0 Å². The van der Waals surface area contributed by atoms with Crippen LogP contribution in [0, 0.1) is 0 Å². The van der Waals surface area contributed by atoms with Gasteiger partial charge in [0.15, 0.2) is 5.13 Å². The molecule has 0 saturated carbocycles. The monoisotopic (exact) mass is 548 g/mol. The second-order valence-electron chi connectivity index (χ2n) is 8.91. The average Bonchev–Trinajstić information content (AvgIpc) is 3.12. The van der Waals surface area contributed by atoms with Crippen LogP contribution in [0.25, 0.3) is 10.2 Å². The fourth-order valence-corrected chi connectivity index (χ4v) is 7.25. The Labute approximate surface area is 222 Å². The second-order valence-corrected chi connectivity index (χ2v) is 12.3. The number of carbonyl (C=O) groups is 1. The number of hydrogen-bond acceptors (Lipinski definition) is 6. The molecule has 0 radical (unpaired) electrons. The van der Waals surface area contributed by atoms with Crippen molar-refractivity contribution < 1.29 is 13.2 Å². The Balaban J connectivity index is 1.61. The summed E-state index contributed by atoms with van der Waals surface area (Å²) >= 11 is 7.78. The quantitative estimate of drug-likeness (QED) is 0.353. The minimum absolute atomic E-state index is 0.212. The van der Waals surface area contributed by atoms with Gasteiger partial charge in [0, 0.05) is 31.7 Å². The zero-order valence-corrected chi connectivity index (χ0v) is 23.2. The third kappa shape index (κ3) is 5.92. The molecule has 1 aliphatic rings. The Bertz CT molecular complexity index is 1280. The number of benzene rings is 2. The maximum atomic E-state index is 13.7. The van der Waals surface area contributed by atoms with Crippen molar-refractivity contribution in [3.8, 4) is 0 Å². The Morgan fingerprint density at radius 2 is 1.67 bits per heavy atom. The van der Waals surface area contributed by atoms with E-state index in [2.05, 4.69) is 23.7 Å². The number of anilines is 1. The number of nitrogens with zero attached hydrogens (tertiary/aromatic N) is 4. The molecule has 0 unspecified atom stereocenters. The highest BCUT2D eigenvalue weighted by Gasteiger charge is 2.27. The first kappa shape index (κ1) is 27.0. The van der Waals surface area contributed by atoms with Crippen LogP contribution in [-0.4, -0.2) is 67.8 Å². The summed E-state index contributed by atoms with van der Waals surface area (Å²) < 4.78 is 28.8. The summed E-state index contributed by atoms with van der Waals surface area (Å²) in [6.45, 7) is 8.20. The molecular formula is C26H33ClN4O3S2. The third-order valence-electron chi connectivity index (χ3n) is 6.67. The van der Waals surface area contributed by atoms with Gasteiger partial charge >= 0.3 is 0 Å². The van der Waals surface area contributed by atoms with Gasteiger partial charge in [0.25, 0.3) is 5.91 Å². The van der Waals surface area contributed by atoms with Gasteiger partial charge in [0.2, 0.25) is 10.0 Å². The zero-order chi connectivity index (χ0) is 25.7. The smallest absolute Gasteiger partial charge is 0.260 e. The molecule has 1 aromatic heterocycles. The number of halogens is 1. The lowest BCUT2D eigenvalue weighted by Gasteiger charge is -2.25. The fraction of sp³-hybridized carbons (Fsp3) is 0.462. The van der Waals surface area contributed by atoms with Crippen LogP contribution in [-0.2, 0) is 10.0 Å². The highest BCUT2D eigenvalue weighted by atomic mass is 35.5. The van der Waals surface area contributed by atoms with Gasteiger partial charge < -0.3 is 4.90 Å². The first-order valence-electron chi connectivity index (χ1n) is 12.5. The van der Waals surface area contributed by atoms with Gasteiger partial charge in [-0.25, -0.2) is 13.4 Å². The Morgan fingerprint density at radius 3 is 2.28 bits per heavy atom. The van der Waals surface area contributed by atoms with E-state index in [9.17, 15) is 13.2 Å². The van der Waals surface area contributed by atoms with Crippen molar-refractivity contribution in [2.24, 2.45) is 0 Å². The maximum absolute atomic E-state index is 13.7. The highest BCUT2D eigenvalue weighted by molar-refractivity contribution is 7.89. The molecule has 2 aromatic carbocycles. The normalized spacial score (nSPS) is 15.3. The summed E-state index contributed by atoms with van der Waals surface area (Å²) in [7, 11) is -3.57. The third-order valence-corrected chi connectivity index (χ3v) is 9.93. The van der Waals surface area contributed by atoms with Gasteiger partial charge in [-0.15, -0.1) is 0 Å². The van der Waals surface area contributed by atoms with Gasteiger partial charge in [0.05, 0.1) is 14.6 Å².